The average Bonchev–Trinajstić information content (AvgIpc) is 2.80. The Morgan fingerprint density at radius 3 is 2.74 bits per heavy atom. The molecule has 0 aliphatic carbocycles. The van der Waals surface area contributed by atoms with Crippen LogP contribution in [0, 0.1) is 0 Å². The highest BCUT2D eigenvalue weighted by atomic mass is 15.3. The van der Waals surface area contributed by atoms with E-state index < -0.39 is 0 Å². The van der Waals surface area contributed by atoms with Crippen molar-refractivity contribution in [3.63, 3.8) is 0 Å². The summed E-state index contributed by atoms with van der Waals surface area (Å²) in [6.07, 6.45) is 3.05. The molecule has 0 unspecified atom stereocenters. The number of nitrogens with one attached hydrogen (secondary N) is 1. The third kappa shape index (κ3) is 3.55. The summed E-state index contributed by atoms with van der Waals surface area (Å²) in [5.74, 6) is 0. The molecular formula is C16H21N3. The molecule has 0 fully saturated rings. The Labute approximate surface area is 115 Å². The third-order valence-corrected chi connectivity index (χ3v) is 3.16. The number of benzene rings is 1. The summed E-state index contributed by atoms with van der Waals surface area (Å²) in [4.78, 5) is 0. The van der Waals surface area contributed by atoms with E-state index in [2.05, 4.69) is 42.2 Å². The lowest BCUT2D eigenvalue weighted by Gasteiger charge is -2.07. The van der Waals surface area contributed by atoms with E-state index in [1.54, 1.807) is 0 Å². The highest BCUT2D eigenvalue weighted by Crippen LogP contribution is 2.11. The van der Waals surface area contributed by atoms with Gasteiger partial charge in [0.1, 0.15) is 0 Å². The van der Waals surface area contributed by atoms with Crippen LogP contribution in [0.15, 0.2) is 43.1 Å². The van der Waals surface area contributed by atoms with Gasteiger partial charge < -0.3 is 5.32 Å². The van der Waals surface area contributed by atoms with Crippen molar-refractivity contribution in [2.24, 2.45) is 7.05 Å². The van der Waals surface area contributed by atoms with Crippen molar-refractivity contribution in [1.82, 2.24) is 15.1 Å². The fraction of sp³-hybridized carbons (Fsp3) is 0.312. The van der Waals surface area contributed by atoms with E-state index in [-0.39, 0.29) is 0 Å². The SMILES string of the molecule is C=C(CNCc1cn(C)nc1CC)c1ccccc1. The standard InChI is InChI=1S/C16H21N3/c1-4-16-15(12-19(3)18-16)11-17-10-13(2)14-8-6-5-7-9-14/h5-9,12,17H,2,4,10-11H2,1,3H3. The highest BCUT2D eigenvalue weighted by molar-refractivity contribution is 5.64. The molecule has 0 aliphatic rings. The monoisotopic (exact) mass is 255 g/mol. The lowest BCUT2D eigenvalue weighted by molar-refractivity contribution is 0.746. The Bertz CT molecular complexity index is 540. The second-order valence-electron chi connectivity index (χ2n) is 4.70. The molecule has 3 heteroatoms. The Morgan fingerprint density at radius 2 is 2.05 bits per heavy atom. The molecular weight excluding hydrogens is 234 g/mol. The largest absolute Gasteiger partial charge is 0.308 e. The molecule has 0 radical (unpaired) electrons. The van der Waals surface area contributed by atoms with Crippen molar-refractivity contribution in [3.8, 4) is 0 Å². The summed E-state index contributed by atoms with van der Waals surface area (Å²) in [6.45, 7) is 7.88. The van der Waals surface area contributed by atoms with Gasteiger partial charge in [-0.15, -0.1) is 0 Å². The van der Waals surface area contributed by atoms with Crippen LogP contribution < -0.4 is 5.32 Å². The smallest absolute Gasteiger partial charge is 0.0666 e. The number of hydrogen-bond donors (Lipinski definition) is 1. The van der Waals surface area contributed by atoms with Crippen molar-refractivity contribution in [2.75, 3.05) is 6.54 Å². The first-order chi connectivity index (χ1) is 9.20. The van der Waals surface area contributed by atoms with E-state index in [9.17, 15) is 0 Å². The maximum absolute atomic E-state index is 4.44. The molecule has 0 spiro atoms. The topological polar surface area (TPSA) is 29.9 Å². The van der Waals surface area contributed by atoms with Crippen LogP contribution in [0.5, 0.6) is 0 Å². The van der Waals surface area contributed by atoms with E-state index in [0.717, 1.165) is 25.1 Å². The molecule has 0 bridgehead atoms. The molecule has 0 saturated carbocycles. The molecule has 2 aromatic rings. The molecule has 1 heterocycles. The van der Waals surface area contributed by atoms with Crippen LogP contribution >= 0.6 is 0 Å². The summed E-state index contributed by atoms with van der Waals surface area (Å²) in [6, 6.07) is 10.3. The van der Waals surface area contributed by atoms with Crippen LogP contribution in [0.3, 0.4) is 0 Å². The van der Waals surface area contributed by atoms with Gasteiger partial charge in [0.2, 0.25) is 0 Å². The van der Waals surface area contributed by atoms with Crippen LogP contribution in [-0.4, -0.2) is 16.3 Å². The van der Waals surface area contributed by atoms with Crippen molar-refractivity contribution in [2.45, 2.75) is 19.9 Å². The maximum atomic E-state index is 4.44. The minimum Gasteiger partial charge on any atom is -0.308 e. The summed E-state index contributed by atoms with van der Waals surface area (Å²) in [5, 5.41) is 7.87. The number of hydrogen-bond acceptors (Lipinski definition) is 2. The molecule has 0 atom stereocenters. The number of nitrogens with zero attached hydrogens (tertiary/aromatic N) is 2. The Kier molecular flexibility index (Phi) is 4.53. The lowest BCUT2D eigenvalue weighted by Crippen LogP contribution is -2.16. The fourth-order valence-electron chi connectivity index (χ4n) is 2.15. The van der Waals surface area contributed by atoms with Gasteiger partial charge >= 0.3 is 0 Å². The Morgan fingerprint density at radius 1 is 1.32 bits per heavy atom. The molecule has 100 valence electrons. The van der Waals surface area contributed by atoms with Gasteiger partial charge in [-0.25, -0.2) is 0 Å². The molecule has 1 aromatic heterocycles. The quantitative estimate of drug-likeness (QED) is 0.860. The molecule has 1 N–H and O–H groups in total. The number of rotatable bonds is 6. The molecule has 1 aromatic carbocycles. The van der Waals surface area contributed by atoms with Crippen molar-refractivity contribution >= 4 is 5.57 Å². The lowest BCUT2D eigenvalue weighted by atomic mass is 10.1. The first-order valence-corrected chi connectivity index (χ1v) is 6.66. The van der Waals surface area contributed by atoms with Gasteiger partial charge in [0.25, 0.3) is 0 Å². The fourth-order valence-corrected chi connectivity index (χ4v) is 2.15. The average molecular weight is 255 g/mol. The minimum atomic E-state index is 0.794. The maximum Gasteiger partial charge on any atom is 0.0666 e. The van der Waals surface area contributed by atoms with Gasteiger partial charge in [-0.1, -0.05) is 43.8 Å². The molecule has 3 nitrogen and oxygen atoms in total. The van der Waals surface area contributed by atoms with Gasteiger partial charge in [0.05, 0.1) is 5.69 Å². The van der Waals surface area contributed by atoms with Crippen LogP contribution in [0.25, 0.3) is 5.57 Å². The van der Waals surface area contributed by atoms with E-state index in [1.807, 2.05) is 29.9 Å². The normalized spacial score (nSPS) is 10.6. The summed E-state index contributed by atoms with van der Waals surface area (Å²) >= 11 is 0. The van der Waals surface area contributed by atoms with Crippen LogP contribution in [-0.2, 0) is 20.0 Å². The molecule has 0 aliphatic heterocycles. The molecule has 0 saturated heterocycles. The van der Waals surface area contributed by atoms with E-state index in [0.29, 0.717) is 0 Å². The Balaban J connectivity index is 1.88. The molecule has 0 amide bonds. The first kappa shape index (κ1) is 13.6. The van der Waals surface area contributed by atoms with Gasteiger partial charge in [-0.2, -0.15) is 5.10 Å². The second-order valence-corrected chi connectivity index (χ2v) is 4.70. The first-order valence-electron chi connectivity index (χ1n) is 6.66. The van der Waals surface area contributed by atoms with Crippen molar-refractivity contribution in [3.05, 3.63) is 59.9 Å². The number of aromatic nitrogens is 2. The molecule has 19 heavy (non-hydrogen) atoms. The van der Waals surface area contributed by atoms with E-state index in [1.165, 1.54) is 16.8 Å². The summed E-state index contributed by atoms with van der Waals surface area (Å²) < 4.78 is 1.88. The van der Waals surface area contributed by atoms with Crippen LogP contribution in [0.1, 0.15) is 23.7 Å². The predicted octanol–water partition coefficient (Wildman–Crippen LogP) is 2.79. The Hall–Kier alpha value is -1.87. The van der Waals surface area contributed by atoms with Gasteiger partial charge in [0.15, 0.2) is 0 Å². The zero-order valence-corrected chi connectivity index (χ0v) is 11.7. The summed E-state index contributed by atoms with van der Waals surface area (Å²) in [5.41, 5.74) is 4.74. The van der Waals surface area contributed by atoms with Crippen LogP contribution in [0.2, 0.25) is 0 Å². The van der Waals surface area contributed by atoms with Gasteiger partial charge in [-0.3, -0.25) is 4.68 Å². The second kappa shape index (κ2) is 6.34. The third-order valence-electron chi connectivity index (χ3n) is 3.16. The summed E-state index contributed by atoms with van der Waals surface area (Å²) in [7, 11) is 1.96. The van der Waals surface area contributed by atoms with Gasteiger partial charge in [-0.05, 0) is 17.6 Å². The zero-order chi connectivity index (χ0) is 13.7. The zero-order valence-electron chi connectivity index (χ0n) is 11.7. The highest BCUT2D eigenvalue weighted by Gasteiger charge is 2.05. The van der Waals surface area contributed by atoms with Crippen LogP contribution in [0.4, 0.5) is 0 Å². The molecule has 2 rings (SSSR count). The van der Waals surface area contributed by atoms with E-state index in [4.69, 9.17) is 0 Å². The number of aryl methyl sites for hydroxylation is 2. The van der Waals surface area contributed by atoms with E-state index >= 15 is 0 Å². The predicted molar refractivity (Wildman–Crippen MR) is 79.8 cm³/mol. The van der Waals surface area contributed by atoms with Gasteiger partial charge in [0, 0.05) is 31.9 Å². The van der Waals surface area contributed by atoms with Crippen molar-refractivity contribution in [1.29, 1.82) is 0 Å². The minimum absolute atomic E-state index is 0.794. The van der Waals surface area contributed by atoms with Crippen molar-refractivity contribution < 1.29 is 0 Å².